The van der Waals surface area contributed by atoms with E-state index in [2.05, 4.69) is 10.1 Å². The maximum absolute atomic E-state index is 8.97. The van der Waals surface area contributed by atoms with Gasteiger partial charge in [0.25, 0.3) is 0 Å². The van der Waals surface area contributed by atoms with Crippen LogP contribution in [-0.2, 0) is 0 Å². The Hall–Kier alpha value is -2.30. The lowest BCUT2D eigenvalue weighted by molar-refractivity contribution is 0.149. The van der Waals surface area contributed by atoms with E-state index in [9.17, 15) is 0 Å². The van der Waals surface area contributed by atoms with Gasteiger partial charge in [0.1, 0.15) is 6.10 Å². The fourth-order valence-electron chi connectivity index (χ4n) is 2.77. The lowest BCUT2D eigenvalue weighted by atomic mass is 9.98. The Morgan fingerprint density at radius 1 is 1.24 bits per heavy atom. The fraction of sp³-hybridized carbons (Fsp3) is 0.375. The Morgan fingerprint density at radius 2 is 2.00 bits per heavy atom. The van der Waals surface area contributed by atoms with Gasteiger partial charge < -0.3 is 15.7 Å². The molecule has 0 aliphatic heterocycles. The van der Waals surface area contributed by atoms with Crippen molar-refractivity contribution >= 4 is 16.7 Å². The SMILES string of the molecule is NC(=NO)c1cc2ccccc2nc1OC1CCCCC1. The van der Waals surface area contributed by atoms with Crippen LogP contribution in [0.25, 0.3) is 10.9 Å². The molecule has 0 spiro atoms. The Bertz CT molecular complexity index is 664. The van der Waals surface area contributed by atoms with Crippen molar-refractivity contribution in [2.24, 2.45) is 10.9 Å². The minimum absolute atomic E-state index is 0.0269. The molecule has 0 amide bonds. The molecule has 3 N–H and O–H groups in total. The zero-order valence-corrected chi connectivity index (χ0v) is 11.8. The van der Waals surface area contributed by atoms with E-state index < -0.39 is 0 Å². The number of benzene rings is 1. The molecule has 21 heavy (non-hydrogen) atoms. The highest BCUT2D eigenvalue weighted by Gasteiger charge is 2.19. The molecule has 1 aromatic heterocycles. The van der Waals surface area contributed by atoms with Gasteiger partial charge in [-0.2, -0.15) is 0 Å². The molecule has 1 fully saturated rings. The van der Waals surface area contributed by atoms with Crippen LogP contribution in [-0.4, -0.2) is 22.1 Å². The van der Waals surface area contributed by atoms with Crippen LogP contribution >= 0.6 is 0 Å². The number of ether oxygens (including phenoxy) is 1. The second kappa shape index (κ2) is 5.99. The van der Waals surface area contributed by atoms with E-state index in [1.807, 2.05) is 30.3 Å². The van der Waals surface area contributed by atoms with Crippen LogP contribution in [0, 0.1) is 0 Å². The van der Waals surface area contributed by atoms with E-state index in [0.29, 0.717) is 11.4 Å². The number of rotatable bonds is 3. The van der Waals surface area contributed by atoms with Gasteiger partial charge in [-0.15, -0.1) is 0 Å². The van der Waals surface area contributed by atoms with Crippen LogP contribution in [0.3, 0.4) is 0 Å². The molecule has 0 atom stereocenters. The molecule has 2 aromatic rings. The highest BCUT2D eigenvalue weighted by molar-refractivity contribution is 6.02. The molecule has 1 aliphatic carbocycles. The standard InChI is InChI=1S/C16H19N3O2/c17-15(19-20)13-10-11-6-4-5-9-14(11)18-16(13)21-12-7-2-1-3-8-12/h4-6,9-10,12,20H,1-3,7-8H2,(H2,17,19). The first-order chi connectivity index (χ1) is 10.3. The van der Waals surface area contributed by atoms with Crippen molar-refractivity contribution in [3.05, 3.63) is 35.9 Å². The maximum Gasteiger partial charge on any atom is 0.225 e. The summed E-state index contributed by atoms with van der Waals surface area (Å²) >= 11 is 0. The van der Waals surface area contributed by atoms with Gasteiger partial charge in [0, 0.05) is 5.39 Å². The van der Waals surface area contributed by atoms with Crippen molar-refractivity contribution < 1.29 is 9.94 Å². The van der Waals surface area contributed by atoms with E-state index in [0.717, 1.165) is 23.7 Å². The van der Waals surface area contributed by atoms with Gasteiger partial charge in [-0.05, 0) is 37.8 Å². The molecule has 1 saturated carbocycles. The number of fused-ring (bicyclic) bond motifs is 1. The first kappa shape index (κ1) is 13.7. The average Bonchev–Trinajstić information content (AvgIpc) is 2.54. The molecule has 0 saturated heterocycles. The molecule has 1 aromatic carbocycles. The highest BCUT2D eigenvalue weighted by atomic mass is 16.5. The zero-order chi connectivity index (χ0) is 14.7. The summed E-state index contributed by atoms with van der Waals surface area (Å²) in [6.07, 6.45) is 5.85. The lowest BCUT2D eigenvalue weighted by Crippen LogP contribution is -2.23. The molecule has 0 unspecified atom stereocenters. The van der Waals surface area contributed by atoms with Crippen molar-refractivity contribution in [2.45, 2.75) is 38.2 Å². The molecule has 0 radical (unpaired) electrons. The third kappa shape index (κ3) is 2.91. The van der Waals surface area contributed by atoms with Crippen molar-refractivity contribution in [3.8, 4) is 5.88 Å². The number of amidine groups is 1. The molecule has 0 bridgehead atoms. The zero-order valence-electron chi connectivity index (χ0n) is 11.8. The summed E-state index contributed by atoms with van der Waals surface area (Å²) in [5.74, 6) is 0.481. The first-order valence-electron chi connectivity index (χ1n) is 7.32. The number of nitrogens with two attached hydrogens (primary N) is 1. The second-order valence-electron chi connectivity index (χ2n) is 5.40. The third-order valence-corrected chi connectivity index (χ3v) is 3.90. The van der Waals surface area contributed by atoms with Crippen molar-refractivity contribution in [3.63, 3.8) is 0 Å². The number of hydrogen-bond acceptors (Lipinski definition) is 4. The Balaban J connectivity index is 2.01. The fourth-order valence-corrected chi connectivity index (χ4v) is 2.77. The summed E-state index contributed by atoms with van der Waals surface area (Å²) in [7, 11) is 0. The monoisotopic (exact) mass is 285 g/mol. The normalized spacial score (nSPS) is 17.0. The molecule has 3 rings (SSSR count). The minimum Gasteiger partial charge on any atom is -0.474 e. The Labute approximate surface area is 123 Å². The van der Waals surface area contributed by atoms with Gasteiger partial charge >= 0.3 is 0 Å². The van der Waals surface area contributed by atoms with Gasteiger partial charge in [0.15, 0.2) is 5.84 Å². The smallest absolute Gasteiger partial charge is 0.225 e. The second-order valence-corrected chi connectivity index (χ2v) is 5.40. The number of para-hydroxylation sites is 1. The predicted molar refractivity (Wildman–Crippen MR) is 81.8 cm³/mol. The number of pyridine rings is 1. The van der Waals surface area contributed by atoms with Gasteiger partial charge in [-0.25, -0.2) is 4.98 Å². The van der Waals surface area contributed by atoms with Gasteiger partial charge in [0.2, 0.25) is 5.88 Å². The average molecular weight is 285 g/mol. The van der Waals surface area contributed by atoms with Gasteiger partial charge in [-0.3, -0.25) is 0 Å². The maximum atomic E-state index is 8.97. The summed E-state index contributed by atoms with van der Waals surface area (Å²) in [4.78, 5) is 4.54. The summed E-state index contributed by atoms with van der Waals surface area (Å²) < 4.78 is 6.03. The van der Waals surface area contributed by atoms with Crippen LogP contribution in [0.15, 0.2) is 35.5 Å². The van der Waals surface area contributed by atoms with Crippen molar-refractivity contribution in [1.29, 1.82) is 0 Å². The van der Waals surface area contributed by atoms with E-state index in [1.54, 1.807) is 0 Å². The lowest BCUT2D eigenvalue weighted by Gasteiger charge is -2.23. The molecule has 1 heterocycles. The Morgan fingerprint density at radius 3 is 2.76 bits per heavy atom. The highest BCUT2D eigenvalue weighted by Crippen LogP contribution is 2.27. The molecular formula is C16H19N3O2. The van der Waals surface area contributed by atoms with Gasteiger partial charge in [-0.1, -0.05) is 29.8 Å². The molecule has 5 heteroatoms. The Kier molecular flexibility index (Phi) is 3.90. The van der Waals surface area contributed by atoms with Crippen LogP contribution in [0.4, 0.5) is 0 Å². The number of aromatic nitrogens is 1. The third-order valence-electron chi connectivity index (χ3n) is 3.90. The van der Waals surface area contributed by atoms with E-state index >= 15 is 0 Å². The largest absolute Gasteiger partial charge is 0.474 e. The number of oxime groups is 1. The van der Waals surface area contributed by atoms with Crippen LogP contribution in [0.5, 0.6) is 5.88 Å². The predicted octanol–water partition coefficient (Wildman–Crippen LogP) is 3.04. The first-order valence-corrected chi connectivity index (χ1v) is 7.32. The van der Waals surface area contributed by atoms with Crippen LogP contribution in [0.2, 0.25) is 0 Å². The van der Waals surface area contributed by atoms with E-state index in [-0.39, 0.29) is 11.9 Å². The number of hydrogen-bond donors (Lipinski definition) is 2. The van der Waals surface area contributed by atoms with Crippen LogP contribution < -0.4 is 10.5 Å². The summed E-state index contributed by atoms with van der Waals surface area (Å²) in [5, 5.41) is 13.0. The molecule has 5 nitrogen and oxygen atoms in total. The topological polar surface area (TPSA) is 80.7 Å². The van der Waals surface area contributed by atoms with E-state index in [1.165, 1.54) is 19.3 Å². The minimum atomic E-state index is 0.0269. The van der Waals surface area contributed by atoms with Crippen molar-refractivity contribution in [2.75, 3.05) is 0 Å². The summed E-state index contributed by atoms with van der Waals surface area (Å²) in [6.45, 7) is 0. The molecule has 110 valence electrons. The van der Waals surface area contributed by atoms with Gasteiger partial charge in [0.05, 0.1) is 11.1 Å². The molecule has 1 aliphatic rings. The summed E-state index contributed by atoms with van der Waals surface area (Å²) in [5.41, 5.74) is 7.16. The van der Waals surface area contributed by atoms with Crippen LogP contribution in [0.1, 0.15) is 37.7 Å². The summed E-state index contributed by atoms with van der Waals surface area (Å²) in [6, 6.07) is 9.60. The quantitative estimate of drug-likeness (QED) is 0.393. The van der Waals surface area contributed by atoms with E-state index in [4.69, 9.17) is 15.7 Å². The molecular weight excluding hydrogens is 266 g/mol. The number of nitrogens with zero attached hydrogens (tertiary/aromatic N) is 2. The van der Waals surface area contributed by atoms with Crippen molar-refractivity contribution in [1.82, 2.24) is 4.98 Å².